The second-order valence-corrected chi connectivity index (χ2v) is 7.37. The van der Waals surface area contributed by atoms with Crippen molar-refractivity contribution in [1.82, 2.24) is 10.0 Å². The van der Waals surface area contributed by atoms with Crippen LogP contribution in [0.15, 0.2) is 0 Å². The van der Waals surface area contributed by atoms with Crippen LogP contribution in [0.4, 0.5) is 0 Å². The number of sulfonamides is 1. The molecule has 2 N–H and O–H groups in total. The molecule has 0 aromatic heterocycles. The van der Waals surface area contributed by atoms with E-state index in [1.54, 1.807) is 0 Å². The minimum Gasteiger partial charge on any atom is -0.377 e. The molecule has 3 atom stereocenters. The third kappa shape index (κ3) is 4.50. The van der Waals surface area contributed by atoms with E-state index in [9.17, 15) is 8.42 Å². The van der Waals surface area contributed by atoms with Gasteiger partial charge in [-0.25, -0.2) is 13.1 Å². The maximum atomic E-state index is 11.9. The Hall–Kier alpha value is -0.170. The predicted octanol–water partition coefficient (Wildman–Crippen LogP) is 0.473. The van der Waals surface area contributed by atoms with Crippen LogP contribution in [-0.2, 0) is 14.8 Å². The molecule has 0 aliphatic carbocycles. The lowest BCUT2D eigenvalue weighted by atomic mass is 9.96. The van der Waals surface area contributed by atoms with E-state index in [2.05, 4.69) is 17.0 Å². The van der Waals surface area contributed by atoms with E-state index in [4.69, 9.17) is 4.74 Å². The van der Waals surface area contributed by atoms with E-state index >= 15 is 0 Å². The first-order valence-corrected chi connectivity index (χ1v) is 8.53. The molecule has 2 rings (SSSR count). The van der Waals surface area contributed by atoms with Crippen LogP contribution < -0.4 is 10.0 Å². The normalized spacial score (nSPS) is 33.7. The van der Waals surface area contributed by atoms with E-state index in [1.807, 2.05) is 0 Å². The summed E-state index contributed by atoms with van der Waals surface area (Å²) in [5, 5.41) is 3.38. The second kappa shape index (κ2) is 6.32. The van der Waals surface area contributed by atoms with Gasteiger partial charge >= 0.3 is 0 Å². The third-order valence-electron chi connectivity index (χ3n) is 3.78. The standard InChI is InChI=1S/C12H24N2O3S/c1-10-4-5-11(7-13-10)8-14-18(15,16)9-12-3-2-6-17-12/h10-14H,2-9H2,1H3. The van der Waals surface area contributed by atoms with Gasteiger partial charge in [0, 0.05) is 19.2 Å². The van der Waals surface area contributed by atoms with Crippen LogP contribution in [0.2, 0.25) is 0 Å². The number of ether oxygens (including phenoxy) is 1. The van der Waals surface area contributed by atoms with Crippen molar-refractivity contribution >= 4 is 10.0 Å². The van der Waals surface area contributed by atoms with Crippen LogP contribution in [0.25, 0.3) is 0 Å². The summed E-state index contributed by atoms with van der Waals surface area (Å²) in [5.41, 5.74) is 0. The van der Waals surface area contributed by atoms with Gasteiger partial charge in [0.2, 0.25) is 10.0 Å². The highest BCUT2D eigenvalue weighted by atomic mass is 32.2. The lowest BCUT2D eigenvalue weighted by molar-refractivity contribution is 0.127. The Labute approximate surface area is 110 Å². The van der Waals surface area contributed by atoms with Gasteiger partial charge < -0.3 is 10.1 Å². The van der Waals surface area contributed by atoms with Crippen molar-refractivity contribution in [2.75, 3.05) is 25.4 Å². The first-order valence-electron chi connectivity index (χ1n) is 6.87. The van der Waals surface area contributed by atoms with Crippen LogP contribution >= 0.6 is 0 Å². The minimum absolute atomic E-state index is 0.105. The fraction of sp³-hybridized carbons (Fsp3) is 1.00. The molecule has 2 heterocycles. The predicted molar refractivity (Wildman–Crippen MR) is 71.0 cm³/mol. The molecule has 0 radical (unpaired) electrons. The maximum Gasteiger partial charge on any atom is 0.214 e. The number of piperidine rings is 1. The van der Waals surface area contributed by atoms with Gasteiger partial charge in [-0.2, -0.15) is 0 Å². The molecule has 18 heavy (non-hydrogen) atoms. The molecule has 2 fully saturated rings. The fourth-order valence-corrected chi connectivity index (χ4v) is 3.92. The molecular weight excluding hydrogens is 252 g/mol. The highest BCUT2D eigenvalue weighted by molar-refractivity contribution is 7.89. The van der Waals surface area contributed by atoms with Gasteiger partial charge in [-0.3, -0.25) is 0 Å². The molecule has 0 aromatic rings. The van der Waals surface area contributed by atoms with Gasteiger partial charge in [0.1, 0.15) is 0 Å². The van der Waals surface area contributed by atoms with Gasteiger partial charge in [-0.05, 0) is 45.1 Å². The first-order chi connectivity index (χ1) is 8.55. The van der Waals surface area contributed by atoms with Gasteiger partial charge in [-0.15, -0.1) is 0 Å². The summed E-state index contributed by atoms with van der Waals surface area (Å²) in [4.78, 5) is 0. The van der Waals surface area contributed by atoms with Crippen LogP contribution in [0.1, 0.15) is 32.6 Å². The zero-order chi connectivity index (χ0) is 13.0. The van der Waals surface area contributed by atoms with Crippen molar-refractivity contribution in [2.24, 2.45) is 5.92 Å². The molecule has 6 heteroatoms. The average molecular weight is 276 g/mol. The van der Waals surface area contributed by atoms with E-state index in [0.717, 1.165) is 32.2 Å². The average Bonchev–Trinajstić information content (AvgIpc) is 2.80. The van der Waals surface area contributed by atoms with Gasteiger partial charge in [0.15, 0.2) is 0 Å². The minimum atomic E-state index is -3.18. The molecule has 0 saturated carbocycles. The maximum absolute atomic E-state index is 11.9. The Balaban J connectivity index is 1.71. The Kier molecular flexibility index (Phi) is 5.00. The molecule has 5 nitrogen and oxygen atoms in total. The summed E-state index contributed by atoms with van der Waals surface area (Å²) < 4.78 is 31.8. The van der Waals surface area contributed by atoms with Crippen LogP contribution in [0, 0.1) is 5.92 Å². The quantitative estimate of drug-likeness (QED) is 0.766. The highest BCUT2D eigenvalue weighted by Crippen LogP contribution is 2.15. The van der Waals surface area contributed by atoms with Crippen molar-refractivity contribution in [2.45, 2.75) is 44.8 Å². The van der Waals surface area contributed by atoms with E-state index < -0.39 is 10.0 Å². The number of rotatable bonds is 5. The molecule has 106 valence electrons. The Morgan fingerprint density at radius 3 is 2.78 bits per heavy atom. The third-order valence-corrected chi connectivity index (χ3v) is 5.20. The van der Waals surface area contributed by atoms with Gasteiger partial charge in [-0.1, -0.05) is 0 Å². The fourth-order valence-electron chi connectivity index (χ4n) is 2.56. The molecule has 0 amide bonds. The molecule has 3 unspecified atom stereocenters. The monoisotopic (exact) mass is 276 g/mol. The molecule has 2 saturated heterocycles. The number of hydrogen-bond donors (Lipinski definition) is 2. The first kappa shape index (κ1) is 14.2. The topological polar surface area (TPSA) is 67.4 Å². The molecule has 2 aliphatic rings. The van der Waals surface area contributed by atoms with Crippen molar-refractivity contribution in [1.29, 1.82) is 0 Å². The summed E-state index contributed by atoms with van der Waals surface area (Å²) in [6, 6.07) is 0.560. The molecule has 0 aromatic carbocycles. The lowest BCUT2D eigenvalue weighted by Gasteiger charge is -2.27. The Bertz CT molecular complexity index is 344. The zero-order valence-electron chi connectivity index (χ0n) is 11.0. The van der Waals surface area contributed by atoms with E-state index in [0.29, 0.717) is 25.1 Å². The SMILES string of the molecule is CC1CCC(CNS(=O)(=O)CC2CCCO2)CN1. The lowest BCUT2D eigenvalue weighted by Crippen LogP contribution is -2.43. The van der Waals surface area contributed by atoms with E-state index in [-0.39, 0.29) is 11.9 Å². The summed E-state index contributed by atoms with van der Waals surface area (Å²) in [6.45, 7) is 4.32. The summed E-state index contributed by atoms with van der Waals surface area (Å²) in [7, 11) is -3.18. The molecular formula is C12H24N2O3S. The van der Waals surface area contributed by atoms with E-state index in [1.165, 1.54) is 0 Å². The Morgan fingerprint density at radius 1 is 1.33 bits per heavy atom. The van der Waals surface area contributed by atoms with Crippen LogP contribution in [0.3, 0.4) is 0 Å². The number of nitrogens with one attached hydrogen (secondary N) is 2. The highest BCUT2D eigenvalue weighted by Gasteiger charge is 2.24. The van der Waals surface area contributed by atoms with Crippen molar-refractivity contribution in [3.63, 3.8) is 0 Å². The molecule has 2 aliphatic heterocycles. The van der Waals surface area contributed by atoms with Gasteiger partial charge in [0.25, 0.3) is 0 Å². The largest absolute Gasteiger partial charge is 0.377 e. The zero-order valence-corrected chi connectivity index (χ0v) is 11.8. The molecule has 0 spiro atoms. The molecule has 0 bridgehead atoms. The Morgan fingerprint density at radius 2 is 2.17 bits per heavy atom. The van der Waals surface area contributed by atoms with Crippen LogP contribution in [-0.4, -0.2) is 46.0 Å². The van der Waals surface area contributed by atoms with Gasteiger partial charge in [0.05, 0.1) is 11.9 Å². The second-order valence-electron chi connectivity index (χ2n) is 5.52. The summed E-state index contributed by atoms with van der Waals surface area (Å²) in [5.74, 6) is 0.532. The summed E-state index contributed by atoms with van der Waals surface area (Å²) >= 11 is 0. The number of hydrogen-bond acceptors (Lipinski definition) is 4. The van der Waals surface area contributed by atoms with Crippen molar-refractivity contribution in [3.05, 3.63) is 0 Å². The van der Waals surface area contributed by atoms with Crippen molar-refractivity contribution in [3.8, 4) is 0 Å². The smallest absolute Gasteiger partial charge is 0.214 e. The summed E-state index contributed by atoms with van der Waals surface area (Å²) in [6.07, 6.45) is 3.95. The van der Waals surface area contributed by atoms with Crippen LogP contribution in [0.5, 0.6) is 0 Å². The van der Waals surface area contributed by atoms with Crippen molar-refractivity contribution < 1.29 is 13.2 Å².